The molecule has 1 aliphatic rings. The number of halogens is 1. The number of hydrogen-bond acceptors (Lipinski definition) is 4. The number of nitrogens with zero attached hydrogens (tertiary/aromatic N) is 3. The third-order valence-electron chi connectivity index (χ3n) is 3.31. The van der Waals surface area contributed by atoms with Crippen molar-refractivity contribution in [3.63, 3.8) is 0 Å². The minimum atomic E-state index is 0.377. The van der Waals surface area contributed by atoms with Crippen LogP contribution in [0.1, 0.15) is 18.7 Å². The summed E-state index contributed by atoms with van der Waals surface area (Å²) in [7, 11) is 2.10. The van der Waals surface area contributed by atoms with Gasteiger partial charge in [0.15, 0.2) is 5.65 Å². The number of hydrogen-bond donors (Lipinski definition) is 1. The maximum absolute atomic E-state index is 5.65. The van der Waals surface area contributed by atoms with Crippen LogP contribution in [0.4, 0.5) is 0 Å². The predicted octanol–water partition coefficient (Wildman–Crippen LogP) is 2.33. The van der Waals surface area contributed by atoms with E-state index in [0.717, 1.165) is 41.2 Å². The molecule has 1 atom stereocenters. The molecular formula is C13H17BrN4O. The molecule has 1 saturated heterocycles. The van der Waals surface area contributed by atoms with Crippen LogP contribution in [-0.4, -0.2) is 46.2 Å². The normalized spacial score (nSPS) is 19.6. The van der Waals surface area contributed by atoms with E-state index < -0.39 is 0 Å². The largest absolute Gasteiger partial charge is 0.377 e. The predicted molar refractivity (Wildman–Crippen MR) is 76.9 cm³/mol. The van der Waals surface area contributed by atoms with Crippen molar-refractivity contribution in [2.24, 2.45) is 0 Å². The molecule has 1 aliphatic heterocycles. The molecular weight excluding hydrogens is 308 g/mol. The van der Waals surface area contributed by atoms with Gasteiger partial charge in [-0.1, -0.05) is 0 Å². The van der Waals surface area contributed by atoms with Gasteiger partial charge in [0.05, 0.1) is 18.2 Å². The number of pyridine rings is 1. The number of rotatable bonds is 4. The number of aromatic amines is 1. The van der Waals surface area contributed by atoms with Gasteiger partial charge in [0.25, 0.3) is 0 Å². The van der Waals surface area contributed by atoms with E-state index in [9.17, 15) is 0 Å². The summed E-state index contributed by atoms with van der Waals surface area (Å²) < 4.78 is 6.61. The van der Waals surface area contributed by atoms with Gasteiger partial charge in [0, 0.05) is 23.8 Å². The van der Waals surface area contributed by atoms with Gasteiger partial charge in [-0.2, -0.15) is 0 Å². The zero-order chi connectivity index (χ0) is 13.2. The summed E-state index contributed by atoms with van der Waals surface area (Å²) in [5, 5.41) is 0. The van der Waals surface area contributed by atoms with Crippen LogP contribution in [0, 0.1) is 0 Å². The molecule has 0 saturated carbocycles. The van der Waals surface area contributed by atoms with Gasteiger partial charge in [0.1, 0.15) is 5.82 Å². The Morgan fingerprint density at radius 2 is 2.47 bits per heavy atom. The molecule has 3 heterocycles. The van der Waals surface area contributed by atoms with Crippen molar-refractivity contribution in [1.82, 2.24) is 19.9 Å². The Hall–Kier alpha value is -0.980. The fraction of sp³-hybridized carbons (Fsp3) is 0.538. The van der Waals surface area contributed by atoms with Crippen LogP contribution in [0.3, 0.4) is 0 Å². The van der Waals surface area contributed by atoms with Crippen LogP contribution in [0.2, 0.25) is 0 Å². The fourth-order valence-corrected chi connectivity index (χ4v) is 2.79. The lowest BCUT2D eigenvalue weighted by Gasteiger charge is -2.19. The first kappa shape index (κ1) is 13.0. The number of aromatic nitrogens is 3. The van der Waals surface area contributed by atoms with Gasteiger partial charge in [0.2, 0.25) is 0 Å². The van der Waals surface area contributed by atoms with E-state index >= 15 is 0 Å². The van der Waals surface area contributed by atoms with Gasteiger partial charge < -0.3 is 9.72 Å². The maximum atomic E-state index is 5.65. The van der Waals surface area contributed by atoms with E-state index in [1.807, 2.05) is 6.07 Å². The van der Waals surface area contributed by atoms with Gasteiger partial charge in [-0.3, -0.25) is 4.90 Å². The molecule has 102 valence electrons. The highest BCUT2D eigenvalue weighted by Crippen LogP contribution is 2.17. The van der Waals surface area contributed by atoms with Crippen LogP contribution in [0.15, 0.2) is 16.7 Å². The van der Waals surface area contributed by atoms with Crippen molar-refractivity contribution in [3.05, 3.63) is 22.6 Å². The number of nitrogens with one attached hydrogen (secondary N) is 1. The number of likely N-dealkylation sites (N-methyl/N-ethyl adjacent to an activating group) is 1. The molecule has 0 radical (unpaired) electrons. The highest BCUT2D eigenvalue weighted by molar-refractivity contribution is 9.10. The molecule has 6 heteroatoms. The number of H-pyrrole nitrogens is 1. The lowest BCUT2D eigenvalue weighted by Crippen LogP contribution is -2.28. The molecule has 1 N–H and O–H groups in total. The Morgan fingerprint density at radius 1 is 1.58 bits per heavy atom. The topological polar surface area (TPSA) is 54.0 Å². The lowest BCUT2D eigenvalue weighted by molar-refractivity contribution is 0.0787. The monoisotopic (exact) mass is 324 g/mol. The number of imidazole rings is 1. The second-order valence-electron chi connectivity index (χ2n) is 5.04. The third-order valence-corrected chi connectivity index (χ3v) is 3.75. The molecule has 2 aromatic heterocycles. The molecule has 0 spiro atoms. The fourth-order valence-electron chi connectivity index (χ4n) is 2.46. The highest BCUT2D eigenvalue weighted by atomic mass is 79.9. The van der Waals surface area contributed by atoms with Crippen molar-refractivity contribution in [2.75, 3.05) is 20.2 Å². The van der Waals surface area contributed by atoms with Gasteiger partial charge in [-0.25, -0.2) is 9.97 Å². The second kappa shape index (κ2) is 5.56. The van der Waals surface area contributed by atoms with E-state index in [1.54, 1.807) is 6.20 Å². The van der Waals surface area contributed by atoms with Crippen LogP contribution < -0.4 is 0 Å². The highest BCUT2D eigenvalue weighted by Gasteiger charge is 2.18. The van der Waals surface area contributed by atoms with E-state index in [0.29, 0.717) is 6.10 Å². The van der Waals surface area contributed by atoms with Gasteiger partial charge >= 0.3 is 0 Å². The minimum Gasteiger partial charge on any atom is -0.377 e. The average molecular weight is 325 g/mol. The zero-order valence-corrected chi connectivity index (χ0v) is 12.5. The van der Waals surface area contributed by atoms with Gasteiger partial charge in [-0.05, 0) is 41.9 Å². The molecule has 1 fully saturated rings. The first-order valence-electron chi connectivity index (χ1n) is 6.51. The maximum Gasteiger partial charge on any atom is 0.177 e. The van der Waals surface area contributed by atoms with Crippen molar-refractivity contribution in [2.45, 2.75) is 25.5 Å². The summed E-state index contributed by atoms with van der Waals surface area (Å²) >= 11 is 3.41. The summed E-state index contributed by atoms with van der Waals surface area (Å²) in [6, 6.07) is 2.00. The lowest BCUT2D eigenvalue weighted by atomic mass is 10.2. The molecule has 5 nitrogen and oxygen atoms in total. The van der Waals surface area contributed by atoms with E-state index in [2.05, 4.69) is 42.8 Å². The summed E-state index contributed by atoms with van der Waals surface area (Å²) in [6.45, 7) is 2.64. The standard InChI is InChI=1S/C13H17BrN4O/c1-18(7-10-3-2-4-19-10)8-12-16-11-5-9(14)6-15-13(11)17-12/h5-6,10H,2-4,7-8H2,1H3,(H,15,16,17)/t10-/m0/s1. The van der Waals surface area contributed by atoms with E-state index in [4.69, 9.17) is 4.74 Å². The molecule has 3 rings (SSSR count). The van der Waals surface area contributed by atoms with Crippen LogP contribution in [-0.2, 0) is 11.3 Å². The first-order chi connectivity index (χ1) is 9.20. The van der Waals surface area contributed by atoms with Crippen LogP contribution >= 0.6 is 15.9 Å². The quantitative estimate of drug-likeness (QED) is 0.937. The molecule has 0 amide bonds. The second-order valence-corrected chi connectivity index (χ2v) is 5.96. The van der Waals surface area contributed by atoms with Crippen LogP contribution in [0.25, 0.3) is 11.2 Å². The molecule has 0 unspecified atom stereocenters. The number of fused-ring (bicyclic) bond motifs is 1. The summed E-state index contributed by atoms with van der Waals surface area (Å²) in [5.74, 6) is 0.945. The molecule has 0 bridgehead atoms. The summed E-state index contributed by atoms with van der Waals surface area (Å²) in [5.41, 5.74) is 1.73. The molecule has 19 heavy (non-hydrogen) atoms. The van der Waals surface area contributed by atoms with Crippen molar-refractivity contribution >= 4 is 27.1 Å². The Balaban J connectivity index is 1.66. The Kier molecular flexibility index (Phi) is 3.81. The van der Waals surface area contributed by atoms with E-state index in [-0.39, 0.29) is 0 Å². The van der Waals surface area contributed by atoms with Crippen molar-refractivity contribution < 1.29 is 4.74 Å². The van der Waals surface area contributed by atoms with E-state index in [1.165, 1.54) is 12.8 Å². The molecule has 0 aromatic carbocycles. The Labute approximate surface area is 120 Å². The summed E-state index contributed by atoms with van der Waals surface area (Å²) in [6.07, 6.45) is 4.49. The van der Waals surface area contributed by atoms with Crippen molar-refractivity contribution in [3.8, 4) is 0 Å². The van der Waals surface area contributed by atoms with Gasteiger partial charge in [-0.15, -0.1) is 0 Å². The first-order valence-corrected chi connectivity index (χ1v) is 7.30. The van der Waals surface area contributed by atoms with Crippen molar-refractivity contribution in [1.29, 1.82) is 0 Å². The third kappa shape index (κ3) is 3.13. The van der Waals surface area contributed by atoms with Crippen LogP contribution in [0.5, 0.6) is 0 Å². The average Bonchev–Trinajstić information content (AvgIpc) is 2.97. The molecule has 2 aromatic rings. The smallest absolute Gasteiger partial charge is 0.177 e. The SMILES string of the molecule is CN(Cc1nc2ncc(Br)cc2[nH]1)C[C@@H]1CCCO1. The zero-order valence-electron chi connectivity index (χ0n) is 10.9. The summed E-state index contributed by atoms with van der Waals surface area (Å²) in [4.78, 5) is 14.3. The Morgan fingerprint density at radius 3 is 3.26 bits per heavy atom. The minimum absolute atomic E-state index is 0.377. The Bertz CT molecular complexity index is 565. The number of ether oxygens (including phenoxy) is 1. The molecule has 0 aliphatic carbocycles.